The Bertz CT molecular complexity index is 681. The molecule has 0 bridgehead atoms. The maximum absolute atomic E-state index is 12.2. The lowest BCUT2D eigenvalue weighted by molar-refractivity contribution is -0.156. The quantitative estimate of drug-likeness (QED) is 0.496. The van der Waals surface area contributed by atoms with Gasteiger partial charge in [0, 0.05) is 18.7 Å². The average molecular weight is 406 g/mol. The Labute approximate surface area is 171 Å². The maximum atomic E-state index is 12.2. The number of rotatable bonds is 9. The van der Waals surface area contributed by atoms with Crippen LogP contribution in [0.4, 0.5) is 0 Å². The largest absolute Gasteiger partial charge is 0.494 e. The van der Waals surface area contributed by atoms with Crippen LogP contribution in [0.3, 0.4) is 0 Å². The summed E-state index contributed by atoms with van der Waals surface area (Å²) in [6.07, 6.45) is 1.91. The van der Waals surface area contributed by atoms with Crippen molar-refractivity contribution in [2.45, 2.75) is 45.8 Å². The van der Waals surface area contributed by atoms with Gasteiger partial charge in [-0.05, 0) is 44.5 Å². The van der Waals surface area contributed by atoms with E-state index in [2.05, 4.69) is 12.2 Å². The fourth-order valence-corrected chi connectivity index (χ4v) is 2.96. The lowest BCUT2D eigenvalue weighted by Gasteiger charge is -2.35. The van der Waals surface area contributed by atoms with Crippen molar-refractivity contribution in [2.75, 3.05) is 32.8 Å². The molecule has 1 N–H and O–H groups in total. The van der Waals surface area contributed by atoms with Crippen molar-refractivity contribution in [2.24, 2.45) is 0 Å². The molecular weight excluding hydrogens is 376 g/mol. The number of morpholine rings is 1. The van der Waals surface area contributed by atoms with Crippen molar-refractivity contribution in [3.05, 3.63) is 29.8 Å². The second-order valence-corrected chi connectivity index (χ2v) is 7.13. The van der Waals surface area contributed by atoms with E-state index in [1.54, 1.807) is 29.2 Å². The Hall–Kier alpha value is -2.61. The topological polar surface area (TPSA) is 94.2 Å². The van der Waals surface area contributed by atoms with Crippen molar-refractivity contribution in [1.82, 2.24) is 10.2 Å². The van der Waals surface area contributed by atoms with E-state index in [1.807, 2.05) is 13.8 Å². The molecule has 0 spiro atoms. The molecule has 0 radical (unpaired) electrons. The van der Waals surface area contributed by atoms with Crippen molar-refractivity contribution in [3.63, 3.8) is 0 Å². The smallest absolute Gasteiger partial charge is 0.325 e. The normalized spacial score (nSPS) is 18.8. The molecular formula is C21H30N2O6. The van der Waals surface area contributed by atoms with Crippen LogP contribution < -0.4 is 10.1 Å². The molecule has 2 rings (SSSR count). The lowest BCUT2D eigenvalue weighted by atomic mass is 10.2. The highest BCUT2D eigenvalue weighted by Gasteiger charge is 2.26. The Balaban J connectivity index is 1.70. The van der Waals surface area contributed by atoms with E-state index < -0.39 is 11.9 Å². The van der Waals surface area contributed by atoms with Gasteiger partial charge in [-0.15, -0.1) is 0 Å². The third kappa shape index (κ3) is 7.73. The van der Waals surface area contributed by atoms with Crippen molar-refractivity contribution in [3.8, 4) is 5.75 Å². The molecule has 1 aromatic carbocycles. The van der Waals surface area contributed by atoms with E-state index >= 15 is 0 Å². The van der Waals surface area contributed by atoms with Gasteiger partial charge in [-0.3, -0.25) is 14.4 Å². The molecule has 8 heteroatoms. The third-order valence-electron chi connectivity index (χ3n) is 4.41. The van der Waals surface area contributed by atoms with Gasteiger partial charge in [-0.1, -0.05) is 13.3 Å². The molecule has 2 amide bonds. The summed E-state index contributed by atoms with van der Waals surface area (Å²) in [6.45, 7) is 6.78. The number of benzene rings is 1. The van der Waals surface area contributed by atoms with E-state index in [1.165, 1.54) is 0 Å². The van der Waals surface area contributed by atoms with Gasteiger partial charge in [0.05, 0.1) is 18.8 Å². The molecule has 1 heterocycles. The number of esters is 1. The first-order valence-corrected chi connectivity index (χ1v) is 9.99. The molecule has 1 aromatic rings. The van der Waals surface area contributed by atoms with Crippen LogP contribution in [0.25, 0.3) is 0 Å². The van der Waals surface area contributed by atoms with E-state index in [-0.39, 0.29) is 31.3 Å². The zero-order chi connectivity index (χ0) is 21.2. The van der Waals surface area contributed by atoms with Crippen molar-refractivity contribution >= 4 is 17.8 Å². The summed E-state index contributed by atoms with van der Waals surface area (Å²) in [4.78, 5) is 37.8. The molecule has 160 valence electrons. The minimum Gasteiger partial charge on any atom is -0.494 e. The molecule has 0 aromatic heterocycles. The number of unbranched alkanes of at least 4 members (excludes halogenated alkanes) is 1. The molecule has 1 aliphatic rings. The number of carbonyl (C=O) groups excluding carboxylic acids is 3. The van der Waals surface area contributed by atoms with Crippen LogP contribution in [-0.2, 0) is 19.1 Å². The SMILES string of the molecule is CCCCOc1ccc(C(=O)NCC(=O)OCC(=O)N2C[C@H](C)O[C@@H](C)C2)cc1. The predicted molar refractivity (Wildman–Crippen MR) is 107 cm³/mol. The Morgan fingerprint density at radius 1 is 1.14 bits per heavy atom. The molecule has 1 aliphatic heterocycles. The molecule has 0 saturated carbocycles. The fraction of sp³-hybridized carbons (Fsp3) is 0.571. The molecule has 1 saturated heterocycles. The van der Waals surface area contributed by atoms with Gasteiger partial charge in [0.15, 0.2) is 6.61 Å². The van der Waals surface area contributed by atoms with Gasteiger partial charge in [0.1, 0.15) is 12.3 Å². The number of hydrogen-bond donors (Lipinski definition) is 1. The van der Waals surface area contributed by atoms with Crippen LogP contribution in [0, 0.1) is 0 Å². The van der Waals surface area contributed by atoms with Gasteiger partial charge in [-0.2, -0.15) is 0 Å². The van der Waals surface area contributed by atoms with Crippen LogP contribution >= 0.6 is 0 Å². The molecule has 2 atom stereocenters. The maximum Gasteiger partial charge on any atom is 0.325 e. The monoisotopic (exact) mass is 406 g/mol. The number of nitrogens with zero attached hydrogens (tertiary/aromatic N) is 1. The van der Waals surface area contributed by atoms with Gasteiger partial charge < -0.3 is 24.4 Å². The van der Waals surface area contributed by atoms with Gasteiger partial charge in [-0.25, -0.2) is 0 Å². The van der Waals surface area contributed by atoms with Gasteiger partial charge in [0.2, 0.25) is 0 Å². The lowest BCUT2D eigenvalue weighted by Crippen LogP contribution is -2.49. The van der Waals surface area contributed by atoms with E-state index in [0.29, 0.717) is 31.0 Å². The van der Waals surface area contributed by atoms with E-state index in [9.17, 15) is 14.4 Å². The summed E-state index contributed by atoms with van der Waals surface area (Å²) in [5.74, 6) is -0.644. The summed E-state index contributed by atoms with van der Waals surface area (Å²) in [7, 11) is 0. The molecule has 1 fully saturated rings. The Morgan fingerprint density at radius 2 is 1.79 bits per heavy atom. The molecule has 8 nitrogen and oxygen atoms in total. The minimum atomic E-state index is -0.666. The Morgan fingerprint density at radius 3 is 2.41 bits per heavy atom. The second-order valence-electron chi connectivity index (χ2n) is 7.13. The van der Waals surface area contributed by atoms with E-state index in [4.69, 9.17) is 14.2 Å². The van der Waals surface area contributed by atoms with Crippen LogP contribution in [0.1, 0.15) is 44.0 Å². The standard InChI is InChI=1S/C21H30N2O6/c1-4-5-10-27-18-8-6-17(7-9-18)21(26)22-11-20(25)28-14-19(24)23-12-15(2)29-16(3)13-23/h6-9,15-16H,4-5,10-14H2,1-3H3,(H,22,26)/t15-,16-/m0/s1. The van der Waals surface area contributed by atoms with Crippen molar-refractivity contribution in [1.29, 1.82) is 0 Å². The number of hydrogen-bond acceptors (Lipinski definition) is 6. The van der Waals surface area contributed by atoms with Crippen LogP contribution in [0.15, 0.2) is 24.3 Å². The number of carbonyl (C=O) groups is 3. The van der Waals surface area contributed by atoms with Crippen LogP contribution in [0.2, 0.25) is 0 Å². The summed E-state index contributed by atoms with van der Waals surface area (Å²) in [5.41, 5.74) is 0.410. The molecule has 29 heavy (non-hydrogen) atoms. The number of ether oxygens (including phenoxy) is 3. The van der Waals surface area contributed by atoms with Gasteiger partial charge in [0.25, 0.3) is 11.8 Å². The fourth-order valence-electron chi connectivity index (χ4n) is 2.96. The Kier molecular flexibility index (Phi) is 8.92. The predicted octanol–water partition coefficient (Wildman–Crippen LogP) is 1.77. The second kappa shape index (κ2) is 11.4. The third-order valence-corrected chi connectivity index (χ3v) is 4.41. The highest BCUT2D eigenvalue weighted by atomic mass is 16.5. The first-order valence-electron chi connectivity index (χ1n) is 9.99. The first-order chi connectivity index (χ1) is 13.9. The summed E-state index contributed by atoms with van der Waals surface area (Å²) in [6, 6.07) is 6.69. The summed E-state index contributed by atoms with van der Waals surface area (Å²) in [5, 5.41) is 2.49. The average Bonchev–Trinajstić information content (AvgIpc) is 2.70. The van der Waals surface area contributed by atoms with Crippen molar-refractivity contribution < 1.29 is 28.6 Å². The minimum absolute atomic E-state index is 0.0545. The number of amides is 2. The number of nitrogens with one attached hydrogen (secondary N) is 1. The highest BCUT2D eigenvalue weighted by molar-refractivity contribution is 5.96. The van der Waals surface area contributed by atoms with Crippen LogP contribution in [-0.4, -0.2) is 67.7 Å². The molecule has 0 aliphatic carbocycles. The van der Waals surface area contributed by atoms with Crippen LogP contribution in [0.5, 0.6) is 5.75 Å². The van der Waals surface area contributed by atoms with Gasteiger partial charge >= 0.3 is 5.97 Å². The first kappa shape index (κ1) is 22.7. The molecule has 0 unspecified atom stereocenters. The highest BCUT2D eigenvalue weighted by Crippen LogP contribution is 2.13. The zero-order valence-corrected chi connectivity index (χ0v) is 17.3. The summed E-state index contributed by atoms with van der Waals surface area (Å²) >= 11 is 0. The van der Waals surface area contributed by atoms with E-state index in [0.717, 1.165) is 12.8 Å². The summed E-state index contributed by atoms with van der Waals surface area (Å²) < 4.78 is 16.1. The zero-order valence-electron chi connectivity index (χ0n) is 17.3.